The van der Waals surface area contributed by atoms with Gasteiger partial charge in [-0.3, -0.25) is 9.59 Å². The third-order valence-corrected chi connectivity index (χ3v) is 3.86. The molecule has 1 aliphatic heterocycles. The number of likely N-dealkylation sites (tertiary alicyclic amines) is 1. The molecule has 116 valence electrons. The first-order valence-corrected chi connectivity index (χ1v) is 7.34. The van der Waals surface area contributed by atoms with Crippen molar-refractivity contribution in [2.45, 2.75) is 39.3 Å². The Hall–Kier alpha value is -1.89. The van der Waals surface area contributed by atoms with E-state index in [1.807, 2.05) is 20.8 Å². The molecule has 0 unspecified atom stereocenters. The van der Waals surface area contributed by atoms with Gasteiger partial charge in [0.05, 0.1) is 0 Å². The highest BCUT2D eigenvalue weighted by Crippen LogP contribution is 2.21. The molecule has 1 aromatic heterocycles. The zero-order valence-corrected chi connectivity index (χ0v) is 12.8. The minimum absolute atomic E-state index is 0.0374. The number of hydrogen-bond acceptors (Lipinski definition) is 4. The minimum Gasteiger partial charge on any atom is -0.341 e. The third kappa shape index (κ3) is 3.07. The van der Waals surface area contributed by atoms with Crippen molar-refractivity contribution in [1.82, 2.24) is 19.8 Å². The van der Waals surface area contributed by atoms with Crippen LogP contribution in [0.2, 0.25) is 0 Å². The number of carbonyl (C=O) groups is 2. The number of carbonyl (C=O) groups excluding carboxylic acids is 2. The number of hydrogen-bond donors (Lipinski definition) is 2. The summed E-state index contributed by atoms with van der Waals surface area (Å²) in [5.74, 6) is -0.0370. The van der Waals surface area contributed by atoms with Crippen LogP contribution in [0.3, 0.4) is 0 Å². The zero-order chi connectivity index (χ0) is 15.6. The van der Waals surface area contributed by atoms with E-state index in [4.69, 9.17) is 5.73 Å². The lowest BCUT2D eigenvalue weighted by Crippen LogP contribution is -2.48. The van der Waals surface area contributed by atoms with Crippen molar-refractivity contribution in [1.29, 1.82) is 0 Å². The fourth-order valence-electron chi connectivity index (χ4n) is 2.73. The summed E-state index contributed by atoms with van der Waals surface area (Å²) in [6, 6.07) is -0.660. The van der Waals surface area contributed by atoms with Crippen LogP contribution in [-0.4, -0.2) is 63.3 Å². The van der Waals surface area contributed by atoms with Crippen LogP contribution in [0.1, 0.15) is 36.6 Å². The molecule has 1 saturated heterocycles. The quantitative estimate of drug-likeness (QED) is 0.824. The highest BCUT2D eigenvalue weighted by Gasteiger charge is 2.40. The van der Waals surface area contributed by atoms with Crippen LogP contribution in [-0.2, 0) is 4.79 Å². The summed E-state index contributed by atoms with van der Waals surface area (Å²) in [4.78, 5) is 35.3. The number of likely N-dealkylation sites (N-methyl/N-ethyl adjacent to an activating group) is 1. The molecule has 0 radical (unpaired) electrons. The Morgan fingerprint density at radius 1 is 1.48 bits per heavy atom. The second-order valence-corrected chi connectivity index (χ2v) is 5.39. The van der Waals surface area contributed by atoms with Crippen molar-refractivity contribution < 1.29 is 9.59 Å². The Balaban J connectivity index is 2.20. The number of H-pyrrole nitrogens is 1. The van der Waals surface area contributed by atoms with E-state index in [0.717, 1.165) is 5.69 Å². The Morgan fingerprint density at radius 3 is 2.67 bits per heavy atom. The molecule has 2 heterocycles. The van der Waals surface area contributed by atoms with Gasteiger partial charge in [-0.05, 0) is 27.2 Å². The Bertz CT molecular complexity index is 523. The predicted octanol–water partition coefficient (Wildman–Crippen LogP) is 0.128. The summed E-state index contributed by atoms with van der Waals surface area (Å²) in [5.41, 5.74) is 6.78. The Kier molecular flexibility index (Phi) is 4.62. The summed E-state index contributed by atoms with van der Waals surface area (Å²) in [5, 5.41) is 0. The second-order valence-electron chi connectivity index (χ2n) is 5.39. The second kappa shape index (κ2) is 6.26. The molecule has 2 atom stereocenters. The Morgan fingerprint density at radius 2 is 2.14 bits per heavy atom. The first-order valence-electron chi connectivity index (χ1n) is 7.34. The van der Waals surface area contributed by atoms with Crippen LogP contribution >= 0.6 is 0 Å². The zero-order valence-electron chi connectivity index (χ0n) is 12.8. The lowest BCUT2D eigenvalue weighted by Gasteiger charge is -2.28. The van der Waals surface area contributed by atoms with E-state index in [2.05, 4.69) is 9.97 Å². The van der Waals surface area contributed by atoms with E-state index in [9.17, 15) is 9.59 Å². The molecule has 0 aliphatic carbocycles. The van der Waals surface area contributed by atoms with Gasteiger partial charge < -0.3 is 20.5 Å². The van der Waals surface area contributed by atoms with Gasteiger partial charge in [0.2, 0.25) is 5.91 Å². The van der Waals surface area contributed by atoms with E-state index in [1.54, 1.807) is 16.0 Å². The van der Waals surface area contributed by atoms with Gasteiger partial charge in [0.15, 0.2) is 5.82 Å². The molecular formula is C14H23N5O2. The lowest BCUT2D eigenvalue weighted by atomic mass is 10.1. The van der Waals surface area contributed by atoms with Gasteiger partial charge >= 0.3 is 0 Å². The van der Waals surface area contributed by atoms with Crippen LogP contribution in [0, 0.1) is 6.92 Å². The van der Waals surface area contributed by atoms with E-state index >= 15 is 0 Å². The first-order chi connectivity index (χ1) is 9.97. The van der Waals surface area contributed by atoms with E-state index < -0.39 is 6.04 Å². The van der Waals surface area contributed by atoms with Gasteiger partial charge in [0, 0.05) is 37.6 Å². The number of amides is 2. The van der Waals surface area contributed by atoms with Gasteiger partial charge in [-0.15, -0.1) is 0 Å². The molecule has 1 fully saturated rings. The molecule has 7 nitrogen and oxygen atoms in total. The molecule has 0 aromatic carbocycles. The average Bonchev–Trinajstić information content (AvgIpc) is 3.05. The Labute approximate surface area is 124 Å². The molecule has 3 N–H and O–H groups in total. The molecule has 0 spiro atoms. The third-order valence-electron chi connectivity index (χ3n) is 3.86. The van der Waals surface area contributed by atoms with Gasteiger partial charge in [-0.1, -0.05) is 0 Å². The topological polar surface area (TPSA) is 95.3 Å². The van der Waals surface area contributed by atoms with Gasteiger partial charge in [0.1, 0.15) is 6.04 Å². The largest absolute Gasteiger partial charge is 0.341 e. The van der Waals surface area contributed by atoms with Crippen LogP contribution < -0.4 is 5.73 Å². The summed E-state index contributed by atoms with van der Waals surface area (Å²) in [6.07, 6.45) is 2.10. The monoisotopic (exact) mass is 293 g/mol. The molecule has 1 aromatic rings. The molecule has 1 aliphatic rings. The SMILES string of the molecule is CCN(CC)C(=O)[C@@H]1C[C@H](N)CN1C(=O)c1ncc(C)[nH]1. The molecule has 7 heteroatoms. The minimum atomic E-state index is -0.488. The maximum atomic E-state index is 12.6. The number of aromatic nitrogens is 2. The first kappa shape index (κ1) is 15.5. The van der Waals surface area contributed by atoms with Gasteiger partial charge in [0.25, 0.3) is 5.91 Å². The summed E-state index contributed by atoms with van der Waals surface area (Å²) in [7, 11) is 0. The van der Waals surface area contributed by atoms with Crippen molar-refractivity contribution in [3.8, 4) is 0 Å². The summed E-state index contributed by atoms with van der Waals surface area (Å²) < 4.78 is 0. The number of nitrogens with zero attached hydrogens (tertiary/aromatic N) is 3. The molecule has 0 saturated carbocycles. The van der Waals surface area contributed by atoms with E-state index in [-0.39, 0.29) is 23.7 Å². The normalized spacial score (nSPS) is 21.6. The van der Waals surface area contributed by atoms with Crippen LogP contribution in [0.5, 0.6) is 0 Å². The number of nitrogens with one attached hydrogen (secondary N) is 1. The number of aromatic amines is 1. The van der Waals surface area contributed by atoms with Crippen molar-refractivity contribution in [3.05, 3.63) is 17.7 Å². The highest BCUT2D eigenvalue weighted by atomic mass is 16.2. The van der Waals surface area contributed by atoms with E-state index in [0.29, 0.717) is 26.1 Å². The van der Waals surface area contributed by atoms with E-state index in [1.165, 1.54) is 0 Å². The van der Waals surface area contributed by atoms with Crippen LogP contribution in [0.15, 0.2) is 6.20 Å². The molecule has 0 bridgehead atoms. The number of imidazole rings is 1. The maximum Gasteiger partial charge on any atom is 0.290 e. The molecule has 2 amide bonds. The number of aryl methyl sites for hydroxylation is 1. The molecule has 2 rings (SSSR count). The van der Waals surface area contributed by atoms with Crippen LogP contribution in [0.25, 0.3) is 0 Å². The average molecular weight is 293 g/mol. The number of nitrogens with two attached hydrogens (primary N) is 1. The highest BCUT2D eigenvalue weighted by molar-refractivity contribution is 5.95. The smallest absolute Gasteiger partial charge is 0.290 e. The van der Waals surface area contributed by atoms with Gasteiger partial charge in [-0.25, -0.2) is 4.98 Å². The van der Waals surface area contributed by atoms with Crippen molar-refractivity contribution in [3.63, 3.8) is 0 Å². The fraction of sp³-hybridized carbons (Fsp3) is 0.643. The lowest BCUT2D eigenvalue weighted by molar-refractivity contribution is -0.134. The predicted molar refractivity (Wildman–Crippen MR) is 78.7 cm³/mol. The van der Waals surface area contributed by atoms with Crippen LogP contribution in [0.4, 0.5) is 0 Å². The standard InChI is InChI=1S/C14H23N5O2/c1-4-18(5-2)13(20)11-6-10(15)8-19(11)14(21)12-16-7-9(3)17-12/h7,10-11H,4-6,8,15H2,1-3H3,(H,16,17)/t10-,11-/m0/s1. The summed E-state index contributed by atoms with van der Waals surface area (Å²) in [6.45, 7) is 7.33. The molecule has 21 heavy (non-hydrogen) atoms. The van der Waals surface area contributed by atoms with Crippen molar-refractivity contribution in [2.24, 2.45) is 5.73 Å². The van der Waals surface area contributed by atoms with Crippen molar-refractivity contribution in [2.75, 3.05) is 19.6 Å². The number of rotatable bonds is 4. The van der Waals surface area contributed by atoms with Crippen molar-refractivity contribution >= 4 is 11.8 Å². The summed E-state index contributed by atoms with van der Waals surface area (Å²) >= 11 is 0. The molecular weight excluding hydrogens is 270 g/mol. The maximum absolute atomic E-state index is 12.6. The van der Waals surface area contributed by atoms with Gasteiger partial charge in [-0.2, -0.15) is 0 Å². The fourth-order valence-corrected chi connectivity index (χ4v) is 2.73.